The number of rotatable bonds is 2. The van der Waals surface area contributed by atoms with Crippen molar-refractivity contribution in [3.05, 3.63) is 76.8 Å². The minimum Gasteiger partial charge on any atom is -0.342 e. The van der Waals surface area contributed by atoms with Crippen molar-refractivity contribution in [1.29, 1.82) is 0 Å². The maximum absolute atomic E-state index is 13.1. The van der Waals surface area contributed by atoms with Crippen LogP contribution in [0.4, 0.5) is 5.69 Å². The van der Waals surface area contributed by atoms with Gasteiger partial charge in [-0.05, 0) is 30.4 Å². The molecule has 1 atom stereocenters. The van der Waals surface area contributed by atoms with Crippen molar-refractivity contribution in [2.45, 2.75) is 6.17 Å². The van der Waals surface area contributed by atoms with Gasteiger partial charge in [0.1, 0.15) is 0 Å². The molecule has 0 spiro atoms. The van der Waals surface area contributed by atoms with Crippen LogP contribution in [0.2, 0.25) is 5.02 Å². The third-order valence-electron chi connectivity index (χ3n) is 4.81. The molecule has 0 saturated carbocycles. The zero-order valence-electron chi connectivity index (χ0n) is 15.3. The van der Waals surface area contributed by atoms with Crippen molar-refractivity contribution in [2.24, 2.45) is 4.99 Å². The molecule has 0 fully saturated rings. The number of likely N-dealkylation sites (N-methyl/N-ethyl adjacent to an activating group) is 1. The molecule has 2 aliphatic rings. The Labute approximate surface area is 174 Å². The fourth-order valence-corrected chi connectivity index (χ4v) is 3.75. The van der Waals surface area contributed by atoms with Crippen LogP contribution < -0.4 is 10.2 Å². The van der Waals surface area contributed by atoms with E-state index in [4.69, 9.17) is 28.8 Å². The molecule has 0 bridgehead atoms. The van der Waals surface area contributed by atoms with Crippen molar-refractivity contribution >= 4 is 46.2 Å². The summed E-state index contributed by atoms with van der Waals surface area (Å²) in [6, 6.07) is 15.3. The number of hydrogen-bond donors (Lipinski definition) is 1. The molecule has 0 aromatic heterocycles. The van der Waals surface area contributed by atoms with Gasteiger partial charge in [0.15, 0.2) is 5.11 Å². The quantitative estimate of drug-likeness (QED) is 0.610. The summed E-state index contributed by atoms with van der Waals surface area (Å²) in [6.45, 7) is 1.46. The van der Waals surface area contributed by atoms with Crippen LogP contribution in [0, 0.1) is 0 Å². The Bertz CT molecular complexity index is 981. The van der Waals surface area contributed by atoms with E-state index in [1.165, 1.54) is 0 Å². The number of fused-ring (bicyclic) bond motifs is 1. The van der Waals surface area contributed by atoms with E-state index >= 15 is 0 Å². The Morgan fingerprint density at radius 2 is 1.89 bits per heavy atom. The first-order valence-electron chi connectivity index (χ1n) is 8.96. The fraction of sp³-hybridized carbons (Fsp3) is 0.190. The molecule has 142 valence electrons. The Kier molecular flexibility index (Phi) is 5.15. The van der Waals surface area contributed by atoms with E-state index < -0.39 is 6.17 Å². The highest BCUT2D eigenvalue weighted by molar-refractivity contribution is 7.80. The van der Waals surface area contributed by atoms with Gasteiger partial charge in [0.05, 0.1) is 11.4 Å². The van der Waals surface area contributed by atoms with Gasteiger partial charge < -0.3 is 15.1 Å². The molecule has 2 heterocycles. The molecular formula is C21H19ClN4OS. The second-order valence-corrected chi connectivity index (χ2v) is 7.45. The van der Waals surface area contributed by atoms with E-state index in [9.17, 15) is 4.79 Å². The summed E-state index contributed by atoms with van der Waals surface area (Å²) in [5, 5.41) is 4.24. The van der Waals surface area contributed by atoms with Gasteiger partial charge in [-0.15, -0.1) is 0 Å². The summed E-state index contributed by atoms with van der Waals surface area (Å²) in [4.78, 5) is 21.5. The molecule has 0 aliphatic carbocycles. The van der Waals surface area contributed by atoms with E-state index in [0.717, 1.165) is 29.9 Å². The Morgan fingerprint density at radius 1 is 1.18 bits per heavy atom. The highest BCUT2D eigenvalue weighted by Crippen LogP contribution is 2.29. The lowest BCUT2D eigenvalue weighted by atomic mass is 10.0. The van der Waals surface area contributed by atoms with Gasteiger partial charge in [0.2, 0.25) is 6.17 Å². The molecule has 0 saturated heterocycles. The Morgan fingerprint density at radius 3 is 2.61 bits per heavy atom. The molecule has 1 unspecified atom stereocenters. The first-order valence-corrected chi connectivity index (χ1v) is 9.74. The molecule has 1 N–H and O–H groups in total. The van der Waals surface area contributed by atoms with E-state index in [1.807, 2.05) is 59.5 Å². The molecule has 1 amide bonds. The number of carbonyl (C=O) groups is 1. The van der Waals surface area contributed by atoms with E-state index in [2.05, 4.69) is 5.32 Å². The van der Waals surface area contributed by atoms with Crippen LogP contribution in [0.15, 0.2) is 65.7 Å². The van der Waals surface area contributed by atoms with Gasteiger partial charge in [-0.3, -0.25) is 4.79 Å². The van der Waals surface area contributed by atoms with Crippen LogP contribution in [0.1, 0.15) is 11.1 Å². The monoisotopic (exact) mass is 410 g/mol. The largest absolute Gasteiger partial charge is 0.342 e. The second-order valence-electron chi connectivity index (χ2n) is 6.63. The highest BCUT2D eigenvalue weighted by atomic mass is 35.5. The summed E-state index contributed by atoms with van der Waals surface area (Å²) in [7, 11) is 1.74. The number of carbonyl (C=O) groups excluding carboxylic acids is 1. The number of amides is 1. The number of thiocarbonyl (C=S) groups is 1. The molecule has 4 rings (SSSR count). The van der Waals surface area contributed by atoms with E-state index in [0.29, 0.717) is 15.8 Å². The van der Waals surface area contributed by atoms with Crippen molar-refractivity contribution in [2.75, 3.05) is 25.0 Å². The number of benzodiazepines with no additional fused rings is 1. The summed E-state index contributed by atoms with van der Waals surface area (Å²) < 4.78 is 0. The zero-order valence-corrected chi connectivity index (χ0v) is 16.9. The lowest BCUT2D eigenvalue weighted by Gasteiger charge is -2.25. The SMILES string of the molecule is CN1C(=O)C(NC(=S)N2CC=CC2)N=C(c2ccccc2)c2cc(Cl)ccc21. The number of nitrogens with one attached hydrogen (secondary N) is 1. The number of hydrogen-bond acceptors (Lipinski definition) is 3. The third kappa shape index (κ3) is 3.53. The number of benzene rings is 2. The van der Waals surface area contributed by atoms with Crippen molar-refractivity contribution in [3.63, 3.8) is 0 Å². The van der Waals surface area contributed by atoms with Crippen LogP contribution in [-0.2, 0) is 4.79 Å². The molecule has 5 nitrogen and oxygen atoms in total. The highest BCUT2D eigenvalue weighted by Gasteiger charge is 2.31. The van der Waals surface area contributed by atoms with Gasteiger partial charge in [0.25, 0.3) is 5.91 Å². The molecule has 2 aromatic carbocycles. The van der Waals surface area contributed by atoms with E-state index in [-0.39, 0.29) is 5.91 Å². The third-order valence-corrected chi connectivity index (χ3v) is 5.42. The van der Waals surface area contributed by atoms with Gasteiger partial charge in [-0.25, -0.2) is 4.99 Å². The number of halogens is 1. The zero-order chi connectivity index (χ0) is 19.7. The lowest BCUT2D eigenvalue weighted by Crippen LogP contribution is -2.50. The Hall–Kier alpha value is -2.70. The average Bonchev–Trinajstić information content (AvgIpc) is 3.22. The normalized spacial score (nSPS) is 18.6. The van der Waals surface area contributed by atoms with Crippen molar-refractivity contribution < 1.29 is 4.79 Å². The minimum atomic E-state index is -0.820. The molecule has 28 heavy (non-hydrogen) atoms. The van der Waals surface area contributed by atoms with Crippen molar-refractivity contribution in [3.8, 4) is 0 Å². The van der Waals surface area contributed by atoms with Gasteiger partial charge >= 0.3 is 0 Å². The minimum absolute atomic E-state index is 0.177. The lowest BCUT2D eigenvalue weighted by molar-refractivity contribution is -0.119. The molecular weight excluding hydrogens is 392 g/mol. The first kappa shape index (κ1) is 18.7. The first-order chi connectivity index (χ1) is 13.5. The Balaban J connectivity index is 1.78. The molecule has 2 aliphatic heterocycles. The second kappa shape index (κ2) is 7.73. The van der Waals surface area contributed by atoms with Gasteiger partial charge in [-0.2, -0.15) is 0 Å². The van der Waals surface area contributed by atoms with Crippen LogP contribution in [0.5, 0.6) is 0 Å². The average molecular weight is 411 g/mol. The fourth-order valence-electron chi connectivity index (χ4n) is 3.32. The summed E-state index contributed by atoms with van der Waals surface area (Å²) in [6.07, 6.45) is 3.27. The standard InChI is InChI=1S/C21H19ClN4OS/c1-25-17-10-9-15(22)13-16(17)18(14-7-3-2-4-8-14)23-19(20(25)27)24-21(28)26-11-5-6-12-26/h2-10,13,19H,11-12H2,1H3,(H,24,28). The maximum atomic E-state index is 13.1. The predicted molar refractivity (Wildman–Crippen MR) is 117 cm³/mol. The van der Waals surface area contributed by atoms with Crippen molar-refractivity contribution in [1.82, 2.24) is 10.2 Å². The van der Waals surface area contributed by atoms with Gasteiger partial charge in [0, 0.05) is 36.3 Å². The van der Waals surface area contributed by atoms with E-state index in [1.54, 1.807) is 18.0 Å². The number of anilines is 1. The number of aliphatic imine (C=N–C) groups is 1. The van der Waals surface area contributed by atoms with Crippen LogP contribution in [-0.4, -0.2) is 47.9 Å². The molecule has 7 heteroatoms. The predicted octanol–water partition coefficient (Wildman–Crippen LogP) is 3.23. The smallest absolute Gasteiger partial charge is 0.272 e. The molecule has 2 aromatic rings. The van der Waals surface area contributed by atoms with Crippen LogP contribution >= 0.6 is 23.8 Å². The topological polar surface area (TPSA) is 47.9 Å². The van der Waals surface area contributed by atoms with Crippen LogP contribution in [0.25, 0.3) is 0 Å². The summed E-state index contributed by atoms with van der Waals surface area (Å²) in [5.74, 6) is -0.177. The van der Waals surface area contributed by atoms with Gasteiger partial charge in [-0.1, -0.05) is 54.1 Å². The van der Waals surface area contributed by atoms with Crippen LogP contribution in [0.3, 0.4) is 0 Å². The molecule has 0 radical (unpaired) electrons. The maximum Gasteiger partial charge on any atom is 0.272 e. The number of nitrogens with zero attached hydrogens (tertiary/aromatic N) is 3. The summed E-state index contributed by atoms with van der Waals surface area (Å²) >= 11 is 11.8. The summed E-state index contributed by atoms with van der Waals surface area (Å²) in [5.41, 5.74) is 3.19.